The minimum Gasteiger partial charge on any atom is -0.497 e. The summed E-state index contributed by atoms with van der Waals surface area (Å²) in [7, 11) is 1.58. The van der Waals surface area contributed by atoms with Crippen molar-refractivity contribution >= 4 is 23.4 Å². The molecule has 1 atom stereocenters. The average molecular weight is 439 g/mol. The maximum atomic E-state index is 13.5. The Morgan fingerprint density at radius 3 is 2.47 bits per heavy atom. The van der Waals surface area contributed by atoms with E-state index in [9.17, 15) is 14.4 Å². The van der Waals surface area contributed by atoms with E-state index in [1.807, 2.05) is 0 Å². The molecule has 4 rings (SSSR count). The molecule has 1 aromatic carbocycles. The van der Waals surface area contributed by atoms with Crippen molar-refractivity contribution in [3.05, 3.63) is 35.9 Å². The number of amides is 3. The summed E-state index contributed by atoms with van der Waals surface area (Å²) in [6.45, 7) is 0.515. The van der Waals surface area contributed by atoms with Gasteiger partial charge in [-0.1, -0.05) is 30.9 Å². The lowest BCUT2D eigenvalue weighted by atomic mass is 9.87. The number of rotatable bonds is 7. The lowest BCUT2D eigenvalue weighted by molar-refractivity contribution is -0.142. The van der Waals surface area contributed by atoms with Gasteiger partial charge in [-0.25, -0.2) is 4.90 Å². The SMILES string of the molecule is COc1ccc(N2C(=O)CC(N(CCC3=CCCCC3)C(=O)C3CCCCC3)C2=O)cc1. The van der Waals surface area contributed by atoms with Gasteiger partial charge in [0.05, 0.1) is 19.2 Å². The van der Waals surface area contributed by atoms with Crippen molar-refractivity contribution in [1.82, 2.24) is 4.90 Å². The van der Waals surface area contributed by atoms with E-state index >= 15 is 0 Å². The summed E-state index contributed by atoms with van der Waals surface area (Å²) in [4.78, 5) is 42.8. The second-order valence-electron chi connectivity index (χ2n) is 9.21. The van der Waals surface area contributed by atoms with E-state index < -0.39 is 6.04 Å². The standard InChI is InChI=1S/C26H34N2O4/c1-32-22-14-12-21(13-15-22)28-24(29)18-23(26(28)31)27(17-16-19-8-4-2-5-9-19)25(30)20-10-6-3-7-11-20/h8,12-15,20,23H,2-7,9-11,16-18H2,1H3. The Morgan fingerprint density at radius 2 is 1.81 bits per heavy atom. The number of carbonyl (C=O) groups excluding carboxylic acids is 3. The predicted octanol–water partition coefficient (Wildman–Crippen LogP) is 4.63. The van der Waals surface area contributed by atoms with E-state index in [1.54, 1.807) is 36.3 Å². The van der Waals surface area contributed by atoms with Crippen LogP contribution in [0.1, 0.15) is 70.6 Å². The van der Waals surface area contributed by atoms with Crippen LogP contribution in [0, 0.1) is 5.92 Å². The molecule has 6 nitrogen and oxygen atoms in total. The maximum absolute atomic E-state index is 13.5. The molecule has 6 heteroatoms. The van der Waals surface area contributed by atoms with Crippen LogP contribution in [0.2, 0.25) is 0 Å². The number of anilines is 1. The molecule has 3 aliphatic rings. The Kier molecular flexibility index (Phi) is 7.28. The fraction of sp³-hybridized carbons (Fsp3) is 0.577. The zero-order valence-electron chi connectivity index (χ0n) is 19.1. The van der Waals surface area contributed by atoms with Crippen molar-refractivity contribution in [2.24, 2.45) is 5.92 Å². The summed E-state index contributed by atoms with van der Waals surface area (Å²) >= 11 is 0. The topological polar surface area (TPSA) is 66.9 Å². The van der Waals surface area contributed by atoms with Crippen molar-refractivity contribution in [2.75, 3.05) is 18.6 Å². The molecule has 1 saturated heterocycles. The molecule has 0 radical (unpaired) electrons. The Labute approximate surface area is 190 Å². The number of hydrogen-bond acceptors (Lipinski definition) is 4. The molecule has 1 saturated carbocycles. The van der Waals surface area contributed by atoms with E-state index in [0.29, 0.717) is 18.0 Å². The average Bonchev–Trinajstić information content (AvgIpc) is 3.14. The molecular weight excluding hydrogens is 404 g/mol. The van der Waals surface area contributed by atoms with Gasteiger partial charge in [0.2, 0.25) is 11.8 Å². The molecule has 1 aliphatic heterocycles. The van der Waals surface area contributed by atoms with E-state index in [1.165, 1.54) is 29.7 Å². The quantitative estimate of drug-likeness (QED) is 0.460. The van der Waals surface area contributed by atoms with Crippen LogP contribution in [-0.2, 0) is 14.4 Å². The van der Waals surface area contributed by atoms with E-state index in [4.69, 9.17) is 4.74 Å². The van der Waals surface area contributed by atoms with Crippen molar-refractivity contribution in [2.45, 2.75) is 76.7 Å². The third kappa shape index (κ3) is 4.89. The number of allylic oxidation sites excluding steroid dienone is 1. The molecule has 172 valence electrons. The highest BCUT2D eigenvalue weighted by molar-refractivity contribution is 6.23. The van der Waals surface area contributed by atoms with Gasteiger partial charge < -0.3 is 9.64 Å². The molecule has 0 aromatic heterocycles. The van der Waals surface area contributed by atoms with Crippen LogP contribution in [0.3, 0.4) is 0 Å². The normalized spacial score (nSPS) is 22.1. The lowest BCUT2D eigenvalue weighted by Crippen LogP contribution is -2.48. The predicted molar refractivity (Wildman–Crippen MR) is 123 cm³/mol. The number of hydrogen-bond donors (Lipinski definition) is 0. The number of nitrogens with zero attached hydrogens (tertiary/aromatic N) is 2. The zero-order chi connectivity index (χ0) is 22.5. The highest BCUT2D eigenvalue weighted by Gasteiger charge is 2.45. The third-order valence-corrected chi connectivity index (χ3v) is 7.13. The van der Waals surface area contributed by atoms with Gasteiger partial charge in [-0.15, -0.1) is 0 Å². The molecule has 1 heterocycles. The van der Waals surface area contributed by atoms with Crippen molar-refractivity contribution < 1.29 is 19.1 Å². The molecule has 0 N–H and O–H groups in total. The van der Waals surface area contributed by atoms with E-state index in [0.717, 1.165) is 44.9 Å². The van der Waals surface area contributed by atoms with Gasteiger partial charge in [-0.2, -0.15) is 0 Å². The summed E-state index contributed by atoms with van der Waals surface area (Å²) in [5.41, 5.74) is 1.91. The highest BCUT2D eigenvalue weighted by atomic mass is 16.5. The van der Waals surface area contributed by atoms with Crippen LogP contribution in [0.15, 0.2) is 35.9 Å². The van der Waals surface area contributed by atoms with Crippen molar-refractivity contribution in [3.8, 4) is 5.75 Å². The molecule has 32 heavy (non-hydrogen) atoms. The van der Waals surface area contributed by atoms with Gasteiger partial charge in [0.1, 0.15) is 11.8 Å². The van der Waals surface area contributed by atoms with Gasteiger partial charge >= 0.3 is 0 Å². The Bertz CT molecular complexity index is 870. The highest BCUT2D eigenvalue weighted by Crippen LogP contribution is 2.32. The van der Waals surface area contributed by atoms with E-state index in [-0.39, 0.29) is 30.1 Å². The van der Waals surface area contributed by atoms with Crippen LogP contribution >= 0.6 is 0 Å². The third-order valence-electron chi connectivity index (χ3n) is 7.13. The Balaban J connectivity index is 1.54. The van der Waals surface area contributed by atoms with Crippen molar-refractivity contribution in [3.63, 3.8) is 0 Å². The molecule has 3 amide bonds. The number of benzene rings is 1. The molecule has 1 unspecified atom stereocenters. The van der Waals surface area contributed by atoms with Crippen LogP contribution in [0.25, 0.3) is 0 Å². The summed E-state index contributed by atoms with van der Waals surface area (Å²) in [5, 5.41) is 0. The monoisotopic (exact) mass is 438 g/mol. The first kappa shape index (κ1) is 22.6. The second-order valence-corrected chi connectivity index (χ2v) is 9.21. The Morgan fingerprint density at radius 1 is 1.06 bits per heavy atom. The molecule has 2 aliphatic carbocycles. The van der Waals surface area contributed by atoms with Crippen LogP contribution in [-0.4, -0.2) is 42.3 Å². The first-order valence-corrected chi connectivity index (χ1v) is 12.1. The number of carbonyl (C=O) groups is 3. The van der Waals surface area contributed by atoms with Gasteiger partial charge in [0.25, 0.3) is 5.91 Å². The summed E-state index contributed by atoms with van der Waals surface area (Å²) in [6, 6.07) is 6.21. The molecular formula is C26H34N2O4. The van der Waals surface area contributed by atoms with Crippen LogP contribution in [0.4, 0.5) is 5.69 Å². The zero-order valence-corrected chi connectivity index (χ0v) is 19.1. The smallest absolute Gasteiger partial charge is 0.257 e. The largest absolute Gasteiger partial charge is 0.497 e. The summed E-state index contributed by atoms with van der Waals surface area (Å²) in [6.07, 6.45) is 12.8. The first-order valence-electron chi connectivity index (χ1n) is 12.1. The molecule has 2 fully saturated rings. The Hall–Kier alpha value is -2.63. The number of ether oxygens (including phenoxy) is 1. The molecule has 1 aromatic rings. The maximum Gasteiger partial charge on any atom is 0.257 e. The second kappa shape index (κ2) is 10.3. The van der Waals surface area contributed by atoms with Gasteiger partial charge in [0, 0.05) is 12.5 Å². The first-order chi connectivity index (χ1) is 15.6. The summed E-state index contributed by atoms with van der Waals surface area (Å²) < 4.78 is 5.19. The van der Waals surface area contributed by atoms with Crippen LogP contribution in [0.5, 0.6) is 5.75 Å². The minimum absolute atomic E-state index is 0.0259. The van der Waals surface area contributed by atoms with Crippen LogP contribution < -0.4 is 9.64 Å². The van der Waals surface area contributed by atoms with Gasteiger partial charge in [-0.3, -0.25) is 14.4 Å². The number of imide groups is 1. The van der Waals surface area contributed by atoms with Crippen molar-refractivity contribution in [1.29, 1.82) is 0 Å². The fourth-order valence-corrected chi connectivity index (χ4v) is 5.26. The fourth-order valence-electron chi connectivity index (χ4n) is 5.26. The van der Waals surface area contributed by atoms with E-state index in [2.05, 4.69) is 6.08 Å². The summed E-state index contributed by atoms with van der Waals surface area (Å²) in [5.74, 6) is 0.163. The lowest BCUT2D eigenvalue weighted by Gasteiger charge is -2.33. The molecule has 0 spiro atoms. The van der Waals surface area contributed by atoms with Gasteiger partial charge in [-0.05, 0) is 69.2 Å². The minimum atomic E-state index is -0.705. The van der Waals surface area contributed by atoms with Gasteiger partial charge in [0.15, 0.2) is 0 Å². The number of methoxy groups -OCH3 is 1. The molecule has 0 bridgehead atoms.